The minimum absolute atomic E-state index is 0.155. The maximum atomic E-state index is 14.2. The minimum Gasteiger partial charge on any atom is -0.324 e. The average molecular weight is 401 g/mol. The van der Waals surface area contributed by atoms with Crippen LogP contribution < -0.4 is 10.6 Å². The summed E-state index contributed by atoms with van der Waals surface area (Å²) in [4.78, 5) is 38.3. The molecule has 1 atom stereocenters. The molecule has 1 fully saturated rings. The van der Waals surface area contributed by atoms with Crippen LogP contribution in [0.2, 0.25) is 0 Å². The molecule has 4 amide bonds. The van der Waals surface area contributed by atoms with Gasteiger partial charge >= 0.3 is 6.03 Å². The smallest absolute Gasteiger partial charge is 0.324 e. The number of carbonyl (C=O) groups excluding carboxylic acids is 3. The highest BCUT2D eigenvalue weighted by atomic mass is 19.1. The van der Waals surface area contributed by atoms with Crippen LogP contribution in [0.4, 0.5) is 19.3 Å². The lowest BCUT2D eigenvalue weighted by atomic mass is 9.91. The summed E-state index contributed by atoms with van der Waals surface area (Å²) in [7, 11) is 0. The Balaban J connectivity index is 1.80. The summed E-state index contributed by atoms with van der Waals surface area (Å²) in [6.45, 7) is 4.67. The van der Waals surface area contributed by atoms with Gasteiger partial charge in [-0.2, -0.15) is 0 Å². The van der Waals surface area contributed by atoms with Crippen molar-refractivity contribution in [3.63, 3.8) is 0 Å². The molecule has 0 aromatic heterocycles. The first-order valence-electron chi connectivity index (χ1n) is 9.12. The largest absolute Gasteiger partial charge is 0.325 e. The first-order chi connectivity index (χ1) is 13.6. The highest BCUT2D eigenvalue weighted by molar-refractivity contribution is 6.10. The lowest BCUT2D eigenvalue weighted by Gasteiger charge is -2.22. The second kappa shape index (κ2) is 7.62. The highest BCUT2D eigenvalue weighted by Gasteiger charge is 2.50. The van der Waals surface area contributed by atoms with Crippen LogP contribution in [0.25, 0.3) is 0 Å². The zero-order valence-electron chi connectivity index (χ0n) is 16.3. The van der Waals surface area contributed by atoms with Crippen LogP contribution in [0.15, 0.2) is 42.5 Å². The third-order valence-electron chi connectivity index (χ3n) is 4.90. The first kappa shape index (κ1) is 20.4. The number of amides is 4. The third-order valence-corrected chi connectivity index (χ3v) is 4.90. The summed E-state index contributed by atoms with van der Waals surface area (Å²) in [5, 5.41) is 5.06. The van der Waals surface area contributed by atoms with Crippen LogP contribution in [0.3, 0.4) is 0 Å². The summed E-state index contributed by atoms with van der Waals surface area (Å²) in [5.41, 5.74) is -0.619. The predicted octanol–water partition coefficient (Wildman–Crippen LogP) is 3.49. The summed E-state index contributed by atoms with van der Waals surface area (Å²) in [5.74, 6) is -2.84. The van der Waals surface area contributed by atoms with E-state index in [1.54, 1.807) is 12.1 Å². The molecule has 0 saturated carbocycles. The van der Waals surface area contributed by atoms with E-state index in [4.69, 9.17) is 0 Å². The highest BCUT2D eigenvalue weighted by Crippen LogP contribution is 2.31. The van der Waals surface area contributed by atoms with E-state index in [1.165, 1.54) is 6.92 Å². The lowest BCUT2D eigenvalue weighted by Crippen LogP contribution is -2.42. The topological polar surface area (TPSA) is 78.5 Å². The quantitative estimate of drug-likeness (QED) is 0.753. The fourth-order valence-electron chi connectivity index (χ4n) is 3.35. The molecule has 1 saturated heterocycles. The van der Waals surface area contributed by atoms with E-state index in [0.29, 0.717) is 10.6 Å². The first-order valence-corrected chi connectivity index (χ1v) is 9.12. The molecule has 29 heavy (non-hydrogen) atoms. The van der Waals surface area contributed by atoms with Gasteiger partial charge in [0, 0.05) is 11.3 Å². The Bertz CT molecular complexity index is 993. The molecule has 0 radical (unpaired) electrons. The van der Waals surface area contributed by atoms with Gasteiger partial charge in [0.25, 0.3) is 5.91 Å². The molecule has 0 spiro atoms. The normalized spacial score (nSPS) is 18.9. The molecule has 152 valence electrons. The van der Waals surface area contributed by atoms with Crippen molar-refractivity contribution in [3.8, 4) is 0 Å². The number of carbonyl (C=O) groups is 3. The van der Waals surface area contributed by atoms with Gasteiger partial charge in [0.2, 0.25) is 5.91 Å². The van der Waals surface area contributed by atoms with E-state index in [2.05, 4.69) is 10.6 Å². The molecule has 2 N–H and O–H groups in total. The van der Waals surface area contributed by atoms with E-state index in [9.17, 15) is 23.2 Å². The number of benzene rings is 2. The summed E-state index contributed by atoms with van der Waals surface area (Å²) in [6, 6.07) is 9.02. The Hall–Kier alpha value is -3.29. The number of para-hydroxylation sites is 1. The van der Waals surface area contributed by atoms with Gasteiger partial charge in [-0.1, -0.05) is 32.0 Å². The molecule has 1 heterocycles. The van der Waals surface area contributed by atoms with Crippen molar-refractivity contribution in [1.29, 1.82) is 0 Å². The zero-order valence-corrected chi connectivity index (χ0v) is 16.3. The van der Waals surface area contributed by atoms with Crippen molar-refractivity contribution >= 4 is 23.5 Å². The maximum absolute atomic E-state index is 14.2. The van der Waals surface area contributed by atoms with Gasteiger partial charge in [-0.15, -0.1) is 0 Å². The molecular formula is C21H21F2N3O3. The van der Waals surface area contributed by atoms with Crippen molar-refractivity contribution in [3.05, 3.63) is 65.2 Å². The van der Waals surface area contributed by atoms with Gasteiger partial charge in [0.05, 0.1) is 0 Å². The molecule has 1 aliphatic heterocycles. The number of hydrogen-bond acceptors (Lipinski definition) is 3. The fraction of sp³-hybridized carbons (Fsp3) is 0.286. The van der Waals surface area contributed by atoms with Gasteiger partial charge in [0.1, 0.15) is 23.7 Å². The van der Waals surface area contributed by atoms with E-state index in [0.717, 1.165) is 23.8 Å². The van der Waals surface area contributed by atoms with Gasteiger partial charge in [-0.25, -0.2) is 13.6 Å². The lowest BCUT2D eigenvalue weighted by molar-refractivity contribution is -0.133. The Morgan fingerprint density at radius 3 is 2.55 bits per heavy atom. The number of nitrogens with zero attached hydrogens (tertiary/aromatic N) is 1. The molecule has 0 bridgehead atoms. The number of nitrogens with one attached hydrogen (secondary N) is 2. The summed E-state index contributed by atoms with van der Waals surface area (Å²) in [6.07, 6.45) is 0. The van der Waals surface area contributed by atoms with E-state index in [-0.39, 0.29) is 11.5 Å². The number of anilines is 1. The van der Waals surface area contributed by atoms with Crippen LogP contribution >= 0.6 is 0 Å². The predicted molar refractivity (Wildman–Crippen MR) is 103 cm³/mol. The zero-order chi connectivity index (χ0) is 21.3. The SMILES string of the molecule is CC(C)c1ccccc1NC(=O)CN1C(=O)N[C@](C)(c2cc(F)ccc2F)C1=O. The molecule has 6 nitrogen and oxygen atoms in total. The van der Waals surface area contributed by atoms with Crippen LogP contribution in [-0.2, 0) is 15.1 Å². The number of halogens is 2. The van der Waals surface area contributed by atoms with Gasteiger partial charge in [0.15, 0.2) is 0 Å². The van der Waals surface area contributed by atoms with Crippen molar-refractivity contribution in [1.82, 2.24) is 10.2 Å². The second-order valence-corrected chi connectivity index (χ2v) is 7.36. The summed E-state index contributed by atoms with van der Waals surface area (Å²) < 4.78 is 27.8. The molecule has 1 aliphatic rings. The van der Waals surface area contributed by atoms with Crippen molar-refractivity contribution in [2.24, 2.45) is 0 Å². The third kappa shape index (κ3) is 3.83. The molecular weight excluding hydrogens is 380 g/mol. The average Bonchev–Trinajstić information content (AvgIpc) is 2.88. The second-order valence-electron chi connectivity index (χ2n) is 7.36. The molecule has 2 aromatic rings. The fourth-order valence-corrected chi connectivity index (χ4v) is 3.35. The van der Waals surface area contributed by atoms with Crippen LogP contribution in [-0.4, -0.2) is 29.3 Å². The van der Waals surface area contributed by atoms with Crippen molar-refractivity contribution in [2.75, 3.05) is 11.9 Å². The summed E-state index contributed by atoms with van der Waals surface area (Å²) >= 11 is 0. The molecule has 8 heteroatoms. The standard InChI is InChI=1S/C21H21F2N3O3/c1-12(2)14-6-4-5-7-17(14)24-18(27)11-26-19(28)21(3,25-20(26)29)15-10-13(22)8-9-16(15)23/h4-10,12H,11H2,1-3H3,(H,24,27)(H,25,29)/t21-/m1/s1. The molecule has 0 aliphatic carbocycles. The Labute approximate surface area is 166 Å². The molecule has 2 aromatic carbocycles. The van der Waals surface area contributed by atoms with Crippen LogP contribution in [0.5, 0.6) is 0 Å². The van der Waals surface area contributed by atoms with Gasteiger partial charge < -0.3 is 10.6 Å². The minimum atomic E-state index is -1.81. The monoisotopic (exact) mass is 401 g/mol. The molecule has 3 rings (SSSR count). The molecule has 0 unspecified atom stereocenters. The maximum Gasteiger partial charge on any atom is 0.325 e. The van der Waals surface area contributed by atoms with Gasteiger partial charge in [-0.05, 0) is 42.7 Å². The van der Waals surface area contributed by atoms with Crippen LogP contribution in [0, 0.1) is 11.6 Å². The number of imide groups is 1. The Kier molecular flexibility index (Phi) is 5.37. The van der Waals surface area contributed by atoms with Crippen molar-refractivity contribution in [2.45, 2.75) is 32.2 Å². The number of rotatable bonds is 5. The van der Waals surface area contributed by atoms with E-state index < -0.39 is 41.6 Å². The number of hydrogen-bond donors (Lipinski definition) is 2. The Morgan fingerprint density at radius 1 is 1.17 bits per heavy atom. The van der Waals surface area contributed by atoms with Crippen LogP contribution in [0.1, 0.15) is 37.8 Å². The van der Waals surface area contributed by atoms with E-state index in [1.807, 2.05) is 26.0 Å². The Morgan fingerprint density at radius 2 is 1.86 bits per heavy atom. The van der Waals surface area contributed by atoms with E-state index >= 15 is 0 Å². The number of urea groups is 1. The van der Waals surface area contributed by atoms with Crippen molar-refractivity contribution < 1.29 is 23.2 Å². The van der Waals surface area contributed by atoms with Gasteiger partial charge in [-0.3, -0.25) is 14.5 Å².